The number of imide groups is 1. The lowest BCUT2D eigenvalue weighted by molar-refractivity contribution is -0.385. The Labute approximate surface area is 230 Å². The molecule has 0 aliphatic heterocycles. The second kappa shape index (κ2) is 14.4. The van der Waals surface area contributed by atoms with Crippen molar-refractivity contribution in [3.8, 4) is 11.8 Å². The molecule has 3 aromatic rings. The largest absolute Gasteiger partial charge is 0.480 e. The van der Waals surface area contributed by atoms with E-state index in [-0.39, 0.29) is 29.1 Å². The predicted octanol–water partition coefficient (Wildman–Crippen LogP) is 4.94. The number of para-hydroxylation sites is 1. The van der Waals surface area contributed by atoms with Crippen LogP contribution in [0.25, 0.3) is 0 Å². The Balaban J connectivity index is 1.73. The number of nitrogens with zero attached hydrogens (tertiary/aromatic N) is 2. The normalized spacial score (nSPS) is 11.0. The fourth-order valence-electron chi connectivity index (χ4n) is 3.55. The van der Waals surface area contributed by atoms with Gasteiger partial charge in [0.2, 0.25) is 0 Å². The number of nitro benzene ring substituents is 1. The molecule has 3 aromatic carbocycles. The van der Waals surface area contributed by atoms with Crippen molar-refractivity contribution in [1.82, 2.24) is 10.2 Å². The fraction of sp³-hybridized carbons (Fsp3) is 0.207. The molecule has 0 aromatic heterocycles. The van der Waals surface area contributed by atoms with Crippen molar-refractivity contribution in [2.24, 2.45) is 0 Å². The van der Waals surface area contributed by atoms with Crippen LogP contribution in [0.1, 0.15) is 40.4 Å². The van der Waals surface area contributed by atoms with Crippen molar-refractivity contribution in [3.05, 3.63) is 111 Å². The molecule has 0 saturated carbocycles. The number of carboxylic acids is 1. The van der Waals surface area contributed by atoms with Crippen LogP contribution in [-0.4, -0.2) is 51.2 Å². The van der Waals surface area contributed by atoms with Gasteiger partial charge in [-0.1, -0.05) is 67.3 Å². The third-order valence-corrected chi connectivity index (χ3v) is 6.59. The average Bonchev–Trinajstić information content (AvgIpc) is 2.94. The van der Waals surface area contributed by atoms with E-state index in [1.165, 1.54) is 36.0 Å². The molecule has 0 unspecified atom stereocenters. The van der Waals surface area contributed by atoms with Gasteiger partial charge in [-0.2, -0.15) is 11.8 Å². The van der Waals surface area contributed by atoms with E-state index < -0.39 is 28.9 Å². The summed E-state index contributed by atoms with van der Waals surface area (Å²) in [4.78, 5) is 49.8. The van der Waals surface area contributed by atoms with Crippen molar-refractivity contribution in [2.45, 2.75) is 25.1 Å². The third kappa shape index (κ3) is 8.45. The zero-order valence-corrected chi connectivity index (χ0v) is 22.0. The van der Waals surface area contributed by atoms with Gasteiger partial charge in [0.15, 0.2) is 0 Å². The van der Waals surface area contributed by atoms with E-state index in [4.69, 9.17) is 0 Å². The zero-order valence-electron chi connectivity index (χ0n) is 21.2. The van der Waals surface area contributed by atoms with Gasteiger partial charge in [0.05, 0.1) is 4.92 Å². The maximum absolute atomic E-state index is 13.3. The van der Waals surface area contributed by atoms with Crippen LogP contribution in [0.5, 0.6) is 0 Å². The molecular formula is C29H27N3O6S. The van der Waals surface area contributed by atoms with Crippen LogP contribution in [0, 0.1) is 22.0 Å². The third-order valence-electron chi connectivity index (χ3n) is 5.48. The second-order valence-electron chi connectivity index (χ2n) is 8.40. The van der Waals surface area contributed by atoms with Crippen LogP contribution >= 0.6 is 11.8 Å². The number of carboxylic acid groups (broad SMARTS) is 1. The highest BCUT2D eigenvalue weighted by Gasteiger charge is 2.27. The smallest absolute Gasteiger partial charge is 0.327 e. The van der Waals surface area contributed by atoms with E-state index in [2.05, 4.69) is 17.2 Å². The molecule has 2 N–H and O–H groups in total. The number of nitro groups is 1. The Hall–Kier alpha value is -4.62. The number of carbonyl (C=O) groups is 3. The molecule has 0 spiro atoms. The molecular weight excluding hydrogens is 518 g/mol. The quantitative estimate of drug-likeness (QED) is 0.210. The molecule has 10 heteroatoms. The number of urea groups is 1. The molecule has 0 aliphatic carbocycles. The number of aliphatic carboxylic acids is 1. The summed E-state index contributed by atoms with van der Waals surface area (Å²) in [5.41, 5.74) is 1.74. The molecule has 0 radical (unpaired) electrons. The molecule has 200 valence electrons. The fourth-order valence-corrected chi connectivity index (χ4v) is 4.56. The second-order valence-corrected chi connectivity index (χ2v) is 9.43. The van der Waals surface area contributed by atoms with Crippen LogP contribution < -0.4 is 5.32 Å². The van der Waals surface area contributed by atoms with Gasteiger partial charge in [-0.3, -0.25) is 19.8 Å². The number of nitrogens with one attached hydrogen (secondary N) is 1. The summed E-state index contributed by atoms with van der Waals surface area (Å²) in [7, 11) is 0. The SMILES string of the molecule is CCCN(C(=O)N[C@@H](CSCc1ccccc1)C(=O)O)C(=O)c1cccc(C#Cc2ccccc2[N+](=O)[O-])c1. The van der Waals surface area contributed by atoms with Crippen molar-refractivity contribution in [2.75, 3.05) is 12.3 Å². The minimum atomic E-state index is -1.19. The van der Waals surface area contributed by atoms with E-state index in [9.17, 15) is 29.6 Å². The van der Waals surface area contributed by atoms with Crippen LogP contribution in [0.2, 0.25) is 0 Å². The van der Waals surface area contributed by atoms with E-state index in [0.717, 1.165) is 10.5 Å². The number of benzene rings is 3. The molecule has 0 fully saturated rings. The Morgan fingerprint density at radius 3 is 2.44 bits per heavy atom. The first-order valence-corrected chi connectivity index (χ1v) is 13.3. The number of rotatable bonds is 10. The molecule has 0 bridgehead atoms. The summed E-state index contributed by atoms with van der Waals surface area (Å²) in [5, 5.41) is 23.3. The molecule has 9 nitrogen and oxygen atoms in total. The van der Waals surface area contributed by atoms with Gasteiger partial charge in [-0.05, 0) is 36.2 Å². The monoisotopic (exact) mass is 545 g/mol. The highest BCUT2D eigenvalue weighted by atomic mass is 32.2. The number of amides is 3. The number of hydrogen-bond acceptors (Lipinski definition) is 6. The van der Waals surface area contributed by atoms with Gasteiger partial charge in [0, 0.05) is 35.2 Å². The summed E-state index contributed by atoms with van der Waals surface area (Å²) < 4.78 is 0. The zero-order chi connectivity index (χ0) is 28.2. The summed E-state index contributed by atoms with van der Waals surface area (Å²) in [6, 6.07) is 19.9. The topological polar surface area (TPSA) is 130 Å². The Morgan fingerprint density at radius 2 is 1.74 bits per heavy atom. The first-order chi connectivity index (χ1) is 18.8. The number of carbonyl (C=O) groups excluding carboxylic acids is 2. The first-order valence-electron chi connectivity index (χ1n) is 12.1. The van der Waals surface area contributed by atoms with Crippen molar-refractivity contribution >= 4 is 35.4 Å². The predicted molar refractivity (Wildman–Crippen MR) is 149 cm³/mol. The van der Waals surface area contributed by atoms with Gasteiger partial charge in [0.1, 0.15) is 11.6 Å². The lowest BCUT2D eigenvalue weighted by atomic mass is 10.1. The van der Waals surface area contributed by atoms with Crippen molar-refractivity contribution < 1.29 is 24.4 Å². The molecule has 3 rings (SSSR count). The Bertz CT molecular complexity index is 1400. The molecule has 3 amide bonds. The summed E-state index contributed by atoms with van der Waals surface area (Å²) in [6.07, 6.45) is 0.469. The molecule has 0 saturated heterocycles. The van der Waals surface area contributed by atoms with Gasteiger partial charge in [-0.15, -0.1) is 0 Å². The minimum Gasteiger partial charge on any atom is -0.480 e. The number of thioether (sulfide) groups is 1. The van der Waals surface area contributed by atoms with Gasteiger partial charge >= 0.3 is 12.0 Å². The van der Waals surface area contributed by atoms with E-state index in [1.54, 1.807) is 31.2 Å². The van der Waals surface area contributed by atoms with Crippen LogP contribution in [0.4, 0.5) is 10.5 Å². The number of hydrogen-bond donors (Lipinski definition) is 2. The Morgan fingerprint density at radius 1 is 1.03 bits per heavy atom. The maximum atomic E-state index is 13.3. The first kappa shape index (κ1) is 28.9. The summed E-state index contributed by atoms with van der Waals surface area (Å²) >= 11 is 1.37. The standard InChI is InChI=1S/C29H27N3O6S/c1-2-17-31(29(36)30-25(28(34)35)20-39-19-22-9-4-3-5-10-22)27(33)24-13-8-11-21(18-24)15-16-23-12-6-7-14-26(23)32(37)38/h3-14,18,25H,2,17,19-20H2,1H3,(H,30,36)(H,34,35)/t25-/m0/s1. The van der Waals surface area contributed by atoms with Crippen LogP contribution in [0.3, 0.4) is 0 Å². The lowest BCUT2D eigenvalue weighted by Crippen LogP contribution is -2.51. The summed E-state index contributed by atoms with van der Waals surface area (Å²) in [6.45, 7) is 1.88. The van der Waals surface area contributed by atoms with Gasteiger partial charge in [0.25, 0.3) is 11.6 Å². The summed E-state index contributed by atoms with van der Waals surface area (Å²) in [5.74, 6) is 4.50. The average molecular weight is 546 g/mol. The van der Waals surface area contributed by atoms with Crippen LogP contribution in [0.15, 0.2) is 78.9 Å². The molecule has 1 atom stereocenters. The molecule has 0 heterocycles. The van der Waals surface area contributed by atoms with Crippen LogP contribution in [-0.2, 0) is 10.5 Å². The lowest BCUT2D eigenvalue weighted by Gasteiger charge is -2.23. The molecule has 39 heavy (non-hydrogen) atoms. The highest BCUT2D eigenvalue weighted by molar-refractivity contribution is 7.98. The van der Waals surface area contributed by atoms with E-state index in [0.29, 0.717) is 17.7 Å². The molecule has 0 aliphatic rings. The van der Waals surface area contributed by atoms with E-state index in [1.807, 2.05) is 30.3 Å². The minimum absolute atomic E-state index is 0.0836. The highest BCUT2D eigenvalue weighted by Crippen LogP contribution is 2.17. The van der Waals surface area contributed by atoms with Gasteiger partial charge < -0.3 is 10.4 Å². The van der Waals surface area contributed by atoms with Crippen molar-refractivity contribution in [3.63, 3.8) is 0 Å². The van der Waals surface area contributed by atoms with Crippen molar-refractivity contribution in [1.29, 1.82) is 0 Å². The maximum Gasteiger partial charge on any atom is 0.327 e. The van der Waals surface area contributed by atoms with Gasteiger partial charge in [-0.25, -0.2) is 9.59 Å². The Kier molecular flexibility index (Phi) is 10.7. The van der Waals surface area contributed by atoms with E-state index >= 15 is 0 Å².